The highest BCUT2D eigenvalue weighted by molar-refractivity contribution is 6.03. The predicted molar refractivity (Wildman–Crippen MR) is 78.0 cm³/mol. The van der Waals surface area contributed by atoms with E-state index in [1.54, 1.807) is 17.1 Å². The van der Waals surface area contributed by atoms with Crippen molar-refractivity contribution in [1.29, 1.82) is 0 Å². The van der Waals surface area contributed by atoms with E-state index in [0.717, 1.165) is 11.4 Å². The monoisotopic (exact) mass is 263 g/mol. The number of hydrogen-bond acceptors (Lipinski definition) is 2. The van der Waals surface area contributed by atoms with Crippen molar-refractivity contribution in [1.82, 2.24) is 9.55 Å². The van der Waals surface area contributed by atoms with Gasteiger partial charge in [-0.3, -0.25) is 9.36 Å². The lowest BCUT2D eigenvalue weighted by molar-refractivity contribution is 0.102. The van der Waals surface area contributed by atoms with E-state index in [1.807, 2.05) is 60.7 Å². The molecule has 2 aromatic carbocycles. The molecule has 0 bridgehead atoms. The molecule has 0 fully saturated rings. The highest BCUT2D eigenvalue weighted by atomic mass is 16.2. The molecular formula is C16H13N3O. The van der Waals surface area contributed by atoms with Gasteiger partial charge in [0.25, 0.3) is 5.91 Å². The SMILES string of the molecule is O=C(Nc1ccccc1)c1cncn1-c1ccccc1. The molecule has 0 radical (unpaired) electrons. The lowest BCUT2D eigenvalue weighted by Crippen LogP contribution is -2.15. The van der Waals surface area contributed by atoms with Crippen LogP contribution >= 0.6 is 0 Å². The molecule has 98 valence electrons. The molecule has 0 saturated carbocycles. The summed E-state index contributed by atoms with van der Waals surface area (Å²) in [5.41, 5.74) is 2.17. The van der Waals surface area contributed by atoms with E-state index in [0.29, 0.717) is 5.69 Å². The molecule has 3 rings (SSSR count). The number of hydrogen-bond donors (Lipinski definition) is 1. The van der Waals surface area contributed by atoms with Gasteiger partial charge in [0.1, 0.15) is 5.69 Å². The fourth-order valence-electron chi connectivity index (χ4n) is 1.97. The first kappa shape index (κ1) is 12.2. The minimum atomic E-state index is -0.183. The van der Waals surface area contributed by atoms with Gasteiger partial charge in [0.15, 0.2) is 0 Å². The Morgan fingerprint density at radius 2 is 1.60 bits per heavy atom. The quantitative estimate of drug-likeness (QED) is 0.789. The van der Waals surface area contributed by atoms with Gasteiger partial charge in [-0.15, -0.1) is 0 Å². The van der Waals surface area contributed by atoms with Crippen LogP contribution in [0.4, 0.5) is 5.69 Å². The normalized spacial score (nSPS) is 10.2. The Bertz CT molecular complexity index is 705. The average Bonchev–Trinajstić information content (AvgIpc) is 2.99. The van der Waals surface area contributed by atoms with E-state index in [4.69, 9.17) is 0 Å². The molecule has 3 aromatic rings. The number of carbonyl (C=O) groups is 1. The predicted octanol–water partition coefficient (Wildman–Crippen LogP) is 3.12. The van der Waals surface area contributed by atoms with E-state index >= 15 is 0 Å². The topological polar surface area (TPSA) is 46.9 Å². The summed E-state index contributed by atoms with van der Waals surface area (Å²) in [6.07, 6.45) is 3.19. The van der Waals surface area contributed by atoms with Gasteiger partial charge in [-0.2, -0.15) is 0 Å². The first-order valence-electron chi connectivity index (χ1n) is 6.29. The molecule has 0 saturated heterocycles. The van der Waals surface area contributed by atoms with E-state index in [2.05, 4.69) is 10.3 Å². The highest BCUT2D eigenvalue weighted by Gasteiger charge is 2.12. The van der Waals surface area contributed by atoms with Crippen LogP contribution in [0.2, 0.25) is 0 Å². The van der Waals surface area contributed by atoms with Gasteiger partial charge in [-0.1, -0.05) is 36.4 Å². The lowest BCUT2D eigenvalue weighted by atomic mass is 10.3. The Morgan fingerprint density at radius 3 is 2.30 bits per heavy atom. The van der Waals surface area contributed by atoms with Crippen molar-refractivity contribution in [3.05, 3.63) is 78.9 Å². The molecule has 0 aliphatic heterocycles. The minimum Gasteiger partial charge on any atom is -0.321 e. The molecule has 0 unspecified atom stereocenters. The number of para-hydroxylation sites is 2. The standard InChI is InChI=1S/C16H13N3O/c20-16(18-13-7-3-1-4-8-13)15-11-17-12-19(15)14-9-5-2-6-10-14/h1-12H,(H,18,20). The number of imidazole rings is 1. The van der Waals surface area contributed by atoms with Gasteiger partial charge in [-0.05, 0) is 24.3 Å². The molecule has 20 heavy (non-hydrogen) atoms. The van der Waals surface area contributed by atoms with Gasteiger partial charge in [0, 0.05) is 11.4 Å². The summed E-state index contributed by atoms with van der Waals surface area (Å²) >= 11 is 0. The van der Waals surface area contributed by atoms with E-state index < -0.39 is 0 Å². The van der Waals surface area contributed by atoms with E-state index in [1.165, 1.54) is 0 Å². The highest BCUT2D eigenvalue weighted by Crippen LogP contribution is 2.13. The van der Waals surface area contributed by atoms with E-state index in [9.17, 15) is 4.79 Å². The van der Waals surface area contributed by atoms with Crippen molar-refractivity contribution >= 4 is 11.6 Å². The van der Waals surface area contributed by atoms with Crippen LogP contribution in [0.5, 0.6) is 0 Å². The van der Waals surface area contributed by atoms with Crippen LogP contribution < -0.4 is 5.32 Å². The zero-order valence-corrected chi connectivity index (χ0v) is 10.7. The van der Waals surface area contributed by atoms with Crippen LogP contribution in [0, 0.1) is 0 Å². The van der Waals surface area contributed by atoms with Crippen LogP contribution in [0.1, 0.15) is 10.5 Å². The second-order valence-electron chi connectivity index (χ2n) is 4.30. The number of nitrogens with zero attached hydrogens (tertiary/aromatic N) is 2. The Morgan fingerprint density at radius 1 is 0.950 bits per heavy atom. The summed E-state index contributed by atoms with van der Waals surface area (Å²) in [4.78, 5) is 16.4. The maximum absolute atomic E-state index is 12.3. The van der Waals surface area contributed by atoms with Crippen LogP contribution in [0.3, 0.4) is 0 Å². The zero-order valence-electron chi connectivity index (χ0n) is 10.7. The third-order valence-electron chi connectivity index (χ3n) is 2.94. The first-order chi connectivity index (χ1) is 9.84. The smallest absolute Gasteiger partial charge is 0.274 e. The number of amides is 1. The number of rotatable bonds is 3. The van der Waals surface area contributed by atoms with E-state index in [-0.39, 0.29) is 5.91 Å². The van der Waals surface area contributed by atoms with Gasteiger partial charge >= 0.3 is 0 Å². The largest absolute Gasteiger partial charge is 0.321 e. The number of anilines is 1. The van der Waals surface area contributed by atoms with Crippen molar-refractivity contribution in [3.63, 3.8) is 0 Å². The zero-order chi connectivity index (χ0) is 13.8. The summed E-state index contributed by atoms with van der Waals surface area (Å²) < 4.78 is 1.76. The van der Waals surface area contributed by atoms with Gasteiger partial charge in [-0.25, -0.2) is 4.98 Å². The number of aromatic nitrogens is 2. The van der Waals surface area contributed by atoms with Crippen molar-refractivity contribution < 1.29 is 4.79 Å². The summed E-state index contributed by atoms with van der Waals surface area (Å²) in [5.74, 6) is -0.183. The first-order valence-corrected chi connectivity index (χ1v) is 6.29. The summed E-state index contributed by atoms with van der Waals surface area (Å²) in [6.45, 7) is 0. The average molecular weight is 263 g/mol. The maximum atomic E-state index is 12.3. The molecule has 1 heterocycles. The molecule has 1 amide bonds. The minimum absolute atomic E-state index is 0.183. The van der Waals surface area contributed by atoms with Crippen LogP contribution in [-0.2, 0) is 0 Å². The molecule has 0 aliphatic carbocycles. The third-order valence-corrected chi connectivity index (χ3v) is 2.94. The van der Waals surface area contributed by atoms with Gasteiger partial charge in [0.05, 0.1) is 12.5 Å². The molecule has 4 nitrogen and oxygen atoms in total. The summed E-state index contributed by atoms with van der Waals surface area (Å²) in [6, 6.07) is 19.0. The molecule has 0 atom stereocenters. The van der Waals surface area contributed by atoms with Gasteiger partial charge < -0.3 is 5.32 Å². The fraction of sp³-hybridized carbons (Fsp3) is 0. The number of carbonyl (C=O) groups excluding carboxylic acids is 1. The second kappa shape index (κ2) is 5.40. The third kappa shape index (κ3) is 2.44. The maximum Gasteiger partial charge on any atom is 0.274 e. The molecule has 4 heteroatoms. The van der Waals surface area contributed by atoms with Crippen molar-refractivity contribution in [2.75, 3.05) is 5.32 Å². The molecule has 1 N–H and O–H groups in total. The van der Waals surface area contributed by atoms with Crippen LogP contribution in [0.25, 0.3) is 5.69 Å². The Kier molecular flexibility index (Phi) is 3.29. The Labute approximate surface area is 116 Å². The van der Waals surface area contributed by atoms with Crippen molar-refractivity contribution in [2.45, 2.75) is 0 Å². The van der Waals surface area contributed by atoms with Gasteiger partial charge in [0.2, 0.25) is 0 Å². The number of benzene rings is 2. The van der Waals surface area contributed by atoms with Crippen LogP contribution in [0.15, 0.2) is 73.2 Å². The summed E-state index contributed by atoms with van der Waals surface area (Å²) in [7, 11) is 0. The molecular weight excluding hydrogens is 250 g/mol. The van der Waals surface area contributed by atoms with Crippen molar-refractivity contribution in [2.24, 2.45) is 0 Å². The number of nitrogens with one attached hydrogen (secondary N) is 1. The molecule has 1 aromatic heterocycles. The fourth-order valence-corrected chi connectivity index (χ4v) is 1.97. The summed E-state index contributed by atoms with van der Waals surface area (Å²) in [5, 5.41) is 2.85. The molecule has 0 aliphatic rings. The Hall–Kier alpha value is -2.88. The second-order valence-corrected chi connectivity index (χ2v) is 4.30. The molecule has 0 spiro atoms. The Balaban J connectivity index is 1.88. The van der Waals surface area contributed by atoms with Crippen molar-refractivity contribution in [3.8, 4) is 5.69 Å². The van der Waals surface area contributed by atoms with Crippen LogP contribution in [-0.4, -0.2) is 15.5 Å². The lowest BCUT2D eigenvalue weighted by Gasteiger charge is -2.08.